The van der Waals surface area contributed by atoms with E-state index in [-0.39, 0.29) is 11.9 Å². The fourth-order valence-electron chi connectivity index (χ4n) is 1.79. The molecule has 0 amide bonds. The van der Waals surface area contributed by atoms with Gasteiger partial charge in [-0.05, 0) is 58.5 Å². The van der Waals surface area contributed by atoms with Crippen LogP contribution in [0.1, 0.15) is 16.5 Å². The van der Waals surface area contributed by atoms with Gasteiger partial charge in [-0.2, -0.15) is 0 Å². The van der Waals surface area contributed by atoms with Crippen molar-refractivity contribution in [3.8, 4) is 0 Å². The normalized spacial score (nSPS) is 12.7. The standard InChI is InChI=1S/C13H12Br2FNS/c1-17-12(13-10(14)4-5-18-13)6-8-2-3-9(16)7-11(8)15/h2-5,7,12,17H,6H2,1H3. The van der Waals surface area contributed by atoms with E-state index in [0.29, 0.717) is 0 Å². The van der Waals surface area contributed by atoms with Gasteiger partial charge in [-0.1, -0.05) is 22.0 Å². The van der Waals surface area contributed by atoms with Gasteiger partial charge in [0.1, 0.15) is 5.82 Å². The van der Waals surface area contributed by atoms with Crippen LogP contribution in [-0.2, 0) is 6.42 Å². The molecule has 1 aromatic heterocycles. The summed E-state index contributed by atoms with van der Waals surface area (Å²) in [6, 6.07) is 7.10. The summed E-state index contributed by atoms with van der Waals surface area (Å²) in [5, 5.41) is 5.36. The number of thiophene rings is 1. The van der Waals surface area contributed by atoms with Crippen molar-refractivity contribution >= 4 is 43.2 Å². The third-order valence-electron chi connectivity index (χ3n) is 2.75. The van der Waals surface area contributed by atoms with E-state index in [0.717, 1.165) is 20.9 Å². The van der Waals surface area contributed by atoms with Gasteiger partial charge in [0.05, 0.1) is 0 Å². The first-order valence-electron chi connectivity index (χ1n) is 5.46. The van der Waals surface area contributed by atoms with Gasteiger partial charge >= 0.3 is 0 Å². The van der Waals surface area contributed by atoms with Crippen LogP contribution < -0.4 is 5.32 Å². The Kier molecular flexibility index (Phi) is 4.95. The molecule has 0 spiro atoms. The van der Waals surface area contributed by atoms with Crippen LogP contribution in [-0.4, -0.2) is 7.05 Å². The van der Waals surface area contributed by atoms with Crippen molar-refractivity contribution in [1.82, 2.24) is 5.32 Å². The summed E-state index contributed by atoms with van der Waals surface area (Å²) in [5.74, 6) is -0.219. The Morgan fingerprint density at radius 2 is 2.06 bits per heavy atom. The molecule has 96 valence electrons. The Bertz CT molecular complexity index is 542. The van der Waals surface area contributed by atoms with Gasteiger partial charge in [-0.3, -0.25) is 0 Å². The third-order valence-corrected chi connectivity index (χ3v) is 5.47. The fraction of sp³-hybridized carbons (Fsp3) is 0.231. The van der Waals surface area contributed by atoms with Crippen molar-refractivity contribution in [1.29, 1.82) is 0 Å². The van der Waals surface area contributed by atoms with Gasteiger partial charge in [0.2, 0.25) is 0 Å². The summed E-state index contributed by atoms with van der Waals surface area (Å²) in [6.45, 7) is 0. The maximum absolute atomic E-state index is 13.1. The molecule has 1 nitrogen and oxygen atoms in total. The lowest BCUT2D eigenvalue weighted by Crippen LogP contribution is -2.18. The highest BCUT2D eigenvalue weighted by molar-refractivity contribution is 9.10. The summed E-state index contributed by atoms with van der Waals surface area (Å²) in [5.41, 5.74) is 1.09. The molecule has 1 N–H and O–H groups in total. The second-order valence-corrected chi connectivity index (χ2v) is 6.57. The number of hydrogen-bond acceptors (Lipinski definition) is 2. The van der Waals surface area contributed by atoms with Crippen LogP contribution in [0.15, 0.2) is 38.6 Å². The minimum atomic E-state index is -0.219. The average Bonchev–Trinajstić information content (AvgIpc) is 2.75. The van der Waals surface area contributed by atoms with Crippen molar-refractivity contribution in [2.75, 3.05) is 7.05 Å². The molecule has 1 atom stereocenters. The second-order valence-electron chi connectivity index (χ2n) is 3.91. The molecule has 0 aliphatic rings. The summed E-state index contributed by atoms with van der Waals surface area (Å²) in [7, 11) is 1.94. The quantitative estimate of drug-likeness (QED) is 0.778. The minimum absolute atomic E-state index is 0.219. The molecule has 0 fully saturated rings. The summed E-state index contributed by atoms with van der Waals surface area (Å²) in [4.78, 5) is 1.26. The highest BCUT2D eigenvalue weighted by Crippen LogP contribution is 2.32. The Morgan fingerprint density at radius 1 is 1.28 bits per heavy atom. The molecule has 0 bridgehead atoms. The molecule has 2 aromatic rings. The predicted octanol–water partition coefficient (Wildman–Crippen LogP) is 4.92. The van der Waals surface area contributed by atoms with E-state index in [1.54, 1.807) is 11.3 Å². The maximum Gasteiger partial charge on any atom is 0.124 e. The Morgan fingerprint density at radius 3 is 2.61 bits per heavy atom. The average molecular weight is 393 g/mol. The first kappa shape index (κ1) is 14.2. The molecule has 1 aromatic carbocycles. The first-order chi connectivity index (χ1) is 8.61. The van der Waals surface area contributed by atoms with Crippen molar-refractivity contribution in [3.63, 3.8) is 0 Å². The topological polar surface area (TPSA) is 12.0 Å². The molecular formula is C13H12Br2FNS. The molecule has 0 aliphatic carbocycles. The van der Waals surface area contributed by atoms with Gasteiger partial charge < -0.3 is 5.32 Å². The van der Waals surface area contributed by atoms with Crippen molar-refractivity contribution < 1.29 is 4.39 Å². The highest BCUT2D eigenvalue weighted by Gasteiger charge is 2.16. The number of rotatable bonds is 4. The summed E-state index contributed by atoms with van der Waals surface area (Å²) < 4.78 is 15.0. The van der Waals surface area contributed by atoms with Crippen LogP contribution in [0.5, 0.6) is 0 Å². The molecule has 0 radical (unpaired) electrons. The van der Waals surface area contributed by atoms with Crippen LogP contribution in [0, 0.1) is 5.82 Å². The zero-order valence-electron chi connectivity index (χ0n) is 9.71. The van der Waals surface area contributed by atoms with E-state index in [1.165, 1.54) is 17.0 Å². The van der Waals surface area contributed by atoms with E-state index in [4.69, 9.17) is 0 Å². The Hall–Kier alpha value is -0.230. The van der Waals surface area contributed by atoms with Gasteiger partial charge in [-0.25, -0.2) is 4.39 Å². The Balaban J connectivity index is 2.23. The molecule has 0 saturated carbocycles. The third kappa shape index (κ3) is 3.20. The lowest BCUT2D eigenvalue weighted by molar-refractivity contribution is 0.594. The van der Waals surface area contributed by atoms with Crippen molar-refractivity contribution in [2.45, 2.75) is 12.5 Å². The SMILES string of the molecule is CNC(Cc1ccc(F)cc1Br)c1sccc1Br. The Labute approximate surface area is 127 Å². The lowest BCUT2D eigenvalue weighted by atomic mass is 10.0. The molecule has 18 heavy (non-hydrogen) atoms. The van der Waals surface area contributed by atoms with E-state index in [9.17, 15) is 4.39 Å². The fourth-order valence-corrected chi connectivity index (χ4v) is 4.06. The van der Waals surface area contributed by atoms with Crippen LogP contribution >= 0.6 is 43.2 Å². The number of halogens is 3. The van der Waals surface area contributed by atoms with Gasteiger partial charge in [-0.15, -0.1) is 11.3 Å². The van der Waals surface area contributed by atoms with E-state index < -0.39 is 0 Å². The molecule has 0 aliphatic heterocycles. The van der Waals surface area contributed by atoms with Crippen LogP contribution in [0.25, 0.3) is 0 Å². The van der Waals surface area contributed by atoms with E-state index in [1.807, 2.05) is 19.2 Å². The molecule has 1 unspecified atom stereocenters. The second kappa shape index (κ2) is 6.28. The molecule has 0 saturated heterocycles. The number of nitrogens with one attached hydrogen (secondary N) is 1. The number of hydrogen-bond donors (Lipinski definition) is 1. The van der Waals surface area contributed by atoms with Crippen molar-refractivity contribution in [3.05, 3.63) is 54.8 Å². The minimum Gasteiger partial charge on any atom is -0.312 e. The molecular weight excluding hydrogens is 381 g/mol. The molecule has 1 heterocycles. The highest BCUT2D eigenvalue weighted by atomic mass is 79.9. The van der Waals surface area contributed by atoms with Crippen LogP contribution in [0.2, 0.25) is 0 Å². The first-order valence-corrected chi connectivity index (χ1v) is 7.92. The van der Waals surface area contributed by atoms with Crippen molar-refractivity contribution in [2.24, 2.45) is 0 Å². The smallest absolute Gasteiger partial charge is 0.124 e. The van der Waals surface area contributed by atoms with Gasteiger partial charge in [0.25, 0.3) is 0 Å². The van der Waals surface area contributed by atoms with E-state index >= 15 is 0 Å². The molecule has 2 rings (SSSR count). The molecule has 5 heteroatoms. The predicted molar refractivity (Wildman–Crippen MR) is 81.6 cm³/mol. The zero-order valence-corrected chi connectivity index (χ0v) is 13.7. The maximum atomic E-state index is 13.1. The number of likely N-dealkylation sites (N-methyl/N-ethyl adjacent to an activating group) is 1. The number of benzene rings is 1. The summed E-state index contributed by atoms with van der Waals surface area (Å²) >= 11 is 8.67. The monoisotopic (exact) mass is 391 g/mol. The van der Waals surface area contributed by atoms with Gasteiger partial charge in [0.15, 0.2) is 0 Å². The van der Waals surface area contributed by atoms with Gasteiger partial charge in [0, 0.05) is 19.9 Å². The largest absolute Gasteiger partial charge is 0.312 e. The van der Waals surface area contributed by atoms with E-state index in [2.05, 4.69) is 42.6 Å². The van der Waals surface area contributed by atoms with Crippen LogP contribution in [0.4, 0.5) is 4.39 Å². The zero-order chi connectivity index (χ0) is 13.1. The van der Waals surface area contributed by atoms with Crippen LogP contribution in [0.3, 0.4) is 0 Å². The summed E-state index contributed by atoms with van der Waals surface area (Å²) in [6.07, 6.45) is 0.816. The lowest BCUT2D eigenvalue weighted by Gasteiger charge is -2.16.